The van der Waals surface area contributed by atoms with Gasteiger partial charge >= 0.3 is 0 Å². The third kappa shape index (κ3) is 4.27. The largest absolute Gasteiger partial charge is 0.339 e. The number of hydrogen-bond donors (Lipinski definition) is 2. The van der Waals surface area contributed by atoms with Crippen LogP contribution in [-0.2, 0) is 0 Å². The number of thiocarbonyl (C=S) groups is 1. The van der Waals surface area contributed by atoms with E-state index in [1.807, 2.05) is 29.2 Å². The first-order valence-electron chi connectivity index (χ1n) is 9.21. The summed E-state index contributed by atoms with van der Waals surface area (Å²) < 4.78 is 0.939. The molecule has 0 aliphatic carbocycles. The molecule has 1 aromatic heterocycles. The smallest absolute Gasteiger partial charge is 0.269 e. The van der Waals surface area contributed by atoms with Crippen LogP contribution >= 0.6 is 35.2 Å². The summed E-state index contributed by atoms with van der Waals surface area (Å²) in [5.41, 5.74) is 1.24. The van der Waals surface area contributed by atoms with Crippen molar-refractivity contribution in [3.63, 3.8) is 0 Å². The van der Waals surface area contributed by atoms with Gasteiger partial charge in [0.05, 0.1) is 5.02 Å². The quantitative estimate of drug-likeness (QED) is 0.564. The van der Waals surface area contributed by atoms with Crippen molar-refractivity contribution in [2.45, 2.75) is 12.8 Å². The summed E-state index contributed by atoms with van der Waals surface area (Å²) in [4.78, 5) is 27.4. The van der Waals surface area contributed by atoms with Gasteiger partial charge in [-0.2, -0.15) is 0 Å². The Labute approximate surface area is 182 Å². The highest BCUT2D eigenvalue weighted by molar-refractivity contribution is 7.80. The summed E-state index contributed by atoms with van der Waals surface area (Å²) in [5.74, 6) is -0.351. The van der Waals surface area contributed by atoms with Gasteiger partial charge in [-0.05, 0) is 49.3 Å². The minimum absolute atomic E-state index is 0.0122. The van der Waals surface area contributed by atoms with E-state index >= 15 is 0 Å². The third-order valence-electron chi connectivity index (χ3n) is 4.73. The van der Waals surface area contributed by atoms with E-state index in [0.717, 1.165) is 36.0 Å². The average Bonchev–Trinajstić information content (AvgIpc) is 3.36. The van der Waals surface area contributed by atoms with Gasteiger partial charge in [-0.1, -0.05) is 35.9 Å². The zero-order valence-electron chi connectivity index (χ0n) is 15.4. The zero-order valence-corrected chi connectivity index (χ0v) is 17.8. The number of carbonyl (C=O) groups excluding carboxylic acids is 2. The number of thiophene rings is 1. The van der Waals surface area contributed by atoms with Gasteiger partial charge in [0.2, 0.25) is 0 Å². The number of likely N-dealkylation sites (tertiary alicyclic amines) is 1. The number of fused-ring (bicyclic) bond motifs is 1. The Bertz CT molecular complexity index is 1110. The van der Waals surface area contributed by atoms with Crippen LogP contribution in [0.4, 0.5) is 5.69 Å². The molecule has 0 bridgehead atoms. The third-order valence-corrected chi connectivity index (χ3v) is 6.61. The molecule has 0 radical (unpaired) electrons. The Morgan fingerprint density at radius 2 is 1.83 bits per heavy atom. The lowest BCUT2D eigenvalue weighted by atomic mass is 10.2. The molecule has 2 heterocycles. The topological polar surface area (TPSA) is 61.4 Å². The van der Waals surface area contributed by atoms with E-state index in [1.54, 1.807) is 24.3 Å². The lowest BCUT2D eigenvalue weighted by molar-refractivity contribution is 0.0792. The van der Waals surface area contributed by atoms with E-state index < -0.39 is 0 Å². The van der Waals surface area contributed by atoms with E-state index in [2.05, 4.69) is 10.6 Å². The summed E-state index contributed by atoms with van der Waals surface area (Å²) in [7, 11) is 0. The summed E-state index contributed by atoms with van der Waals surface area (Å²) in [5, 5.41) is 7.05. The normalized spacial score (nSPS) is 13.5. The van der Waals surface area contributed by atoms with Crippen molar-refractivity contribution >= 4 is 67.9 Å². The van der Waals surface area contributed by atoms with Gasteiger partial charge in [0.1, 0.15) is 4.88 Å². The minimum atomic E-state index is -0.363. The molecule has 1 fully saturated rings. The van der Waals surface area contributed by atoms with Crippen molar-refractivity contribution in [2.75, 3.05) is 18.4 Å². The summed E-state index contributed by atoms with van der Waals surface area (Å²) >= 11 is 13.0. The Kier molecular flexibility index (Phi) is 5.80. The summed E-state index contributed by atoms with van der Waals surface area (Å²) in [6.07, 6.45) is 2.08. The average molecular weight is 444 g/mol. The fourth-order valence-electron chi connectivity index (χ4n) is 3.32. The SMILES string of the molecule is O=C(NC(=S)Nc1cccc(C(=O)N2CCCC2)c1)c1sc2ccccc2c1Cl. The molecule has 8 heteroatoms. The highest BCUT2D eigenvalue weighted by atomic mass is 35.5. The first-order valence-corrected chi connectivity index (χ1v) is 10.8. The molecule has 1 aliphatic heterocycles. The van der Waals surface area contributed by atoms with Crippen LogP contribution in [0.15, 0.2) is 48.5 Å². The van der Waals surface area contributed by atoms with Crippen molar-refractivity contribution in [2.24, 2.45) is 0 Å². The number of halogens is 1. The molecular formula is C21H18ClN3O2S2. The van der Waals surface area contributed by atoms with Crippen LogP contribution < -0.4 is 10.6 Å². The van der Waals surface area contributed by atoms with Crippen LogP contribution in [0, 0.1) is 0 Å². The predicted molar refractivity (Wildman–Crippen MR) is 122 cm³/mol. The second kappa shape index (κ2) is 8.49. The highest BCUT2D eigenvalue weighted by Crippen LogP contribution is 2.35. The van der Waals surface area contributed by atoms with Crippen molar-refractivity contribution in [3.8, 4) is 0 Å². The van der Waals surface area contributed by atoms with Gasteiger partial charge in [-0.15, -0.1) is 11.3 Å². The van der Waals surface area contributed by atoms with Crippen molar-refractivity contribution in [1.82, 2.24) is 10.2 Å². The first kappa shape index (κ1) is 19.8. The molecule has 5 nitrogen and oxygen atoms in total. The molecule has 3 aromatic rings. The van der Waals surface area contributed by atoms with Crippen LogP contribution in [0.25, 0.3) is 10.1 Å². The fourth-order valence-corrected chi connectivity index (χ4v) is 4.94. The number of amides is 2. The molecule has 2 amide bonds. The summed E-state index contributed by atoms with van der Waals surface area (Å²) in [6.45, 7) is 1.59. The van der Waals surface area contributed by atoms with Crippen molar-refractivity contribution < 1.29 is 9.59 Å². The van der Waals surface area contributed by atoms with Crippen molar-refractivity contribution in [3.05, 3.63) is 64.0 Å². The molecular weight excluding hydrogens is 426 g/mol. The predicted octanol–water partition coefficient (Wildman–Crippen LogP) is 4.92. The van der Waals surface area contributed by atoms with E-state index in [4.69, 9.17) is 23.8 Å². The number of rotatable bonds is 3. The van der Waals surface area contributed by atoms with Crippen molar-refractivity contribution in [1.29, 1.82) is 0 Å². The van der Waals surface area contributed by atoms with Crippen LogP contribution in [-0.4, -0.2) is 34.9 Å². The number of nitrogens with one attached hydrogen (secondary N) is 2. The number of hydrogen-bond acceptors (Lipinski definition) is 4. The number of anilines is 1. The second-order valence-electron chi connectivity index (χ2n) is 6.73. The summed E-state index contributed by atoms with van der Waals surface area (Å²) in [6, 6.07) is 14.7. The lowest BCUT2D eigenvalue weighted by Crippen LogP contribution is -2.34. The maximum atomic E-state index is 12.6. The van der Waals surface area contributed by atoms with E-state index in [0.29, 0.717) is 21.2 Å². The molecule has 148 valence electrons. The monoisotopic (exact) mass is 443 g/mol. The van der Waals surface area contributed by atoms with Gasteiger partial charge in [0.15, 0.2) is 5.11 Å². The molecule has 0 atom stereocenters. The molecule has 0 spiro atoms. The van der Waals surface area contributed by atoms with Gasteiger partial charge < -0.3 is 10.2 Å². The molecule has 2 aromatic carbocycles. The van der Waals surface area contributed by atoms with Gasteiger partial charge in [0, 0.05) is 34.4 Å². The van der Waals surface area contributed by atoms with Gasteiger partial charge in [0.25, 0.3) is 11.8 Å². The van der Waals surface area contributed by atoms with Crippen LogP contribution in [0.3, 0.4) is 0 Å². The number of nitrogens with zero attached hydrogens (tertiary/aromatic N) is 1. The highest BCUT2D eigenvalue weighted by Gasteiger charge is 2.20. The Hall–Kier alpha value is -2.48. The van der Waals surface area contributed by atoms with Gasteiger partial charge in [-0.3, -0.25) is 14.9 Å². The number of carbonyl (C=O) groups is 2. The molecule has 29 heavy (non-hydrogen) atoms. The Balaban J connectivity index is 1.44. The van der Waals surface area contributed by atoms with Crippen LogP contribution in [0.5, 0.6) is 0 Å². The van der Waals surface area contributed by atoms with Crippen LogP contribution in [0.1, 0.15) is 32.9 Å². The van der Waals surface area contributed by atoms with E-state index in [1.165, 1.54) is 11.3 Å². The molecule has 2 N–H and O–H groups in total. The first-order chi connectivity index (χ1) is 14.0. The molecule has 4 rings (SSSR count). The Morgan fingerprint density at radius 3 is 2.59 bits per heavy atom. The minimum Gasteiger partial charge on any atom is -0.339 e. The molecule has 0 saturated carbocycles. The maximum absolute atomic E-state index is 12.6. The second-order valence-corrected chi connectivity index (χ2v) is 8.57. The van der Waals surface area contributed by atoms with E-state index in [9.17, 15) is 9.59 Å². The van der Waals surface area contributed by atoms with Gasteiger partial charge in [-0.25, -0.2) is 0 Å². The van der Waals surface area contributed by atoms with E-state index in [-0.39, 0.29) is 16.9 Å². The molecule has 1 saturated heterocycles. The fraction of sp³-hybridized carbons (Fsp3) is 0.190. The zero-order chi connectivity index (χ0) is 20.4. The molecule has 1 aliphatic rings. The van der Waals surface area contributed by atoms with Crippen LogP contribution in [0.2, 0.25) is 5.02 Å². The Morgan fingerprint density at radius 1 is 1.07 bits per heavy atom. The standard InChI is InChI=1S/C21H18ClN3O2S2/c22-17-15-8-1-2-9-16(15)29-18(17)19(26)24-21(28)23-14-7-5-6-13(12-14)20(27)25-10-3-4-11-25/h1-2,5-9,12H,3-4,10-11H2,(H2,23,24,26,28). The maximum Gasteiger partial charge on any atom is 0.269 e. The number of benzene rings is 2. The molecule has 0 unspecified atom stereocenters. The lowest BCUT2D eigenvalue weighted by Gasteiger charge is -2.16.